The monoisotopic (exact) mass is 276 g/mol. The van der Waals surface area contributed by atoms with Gasteiger partial charge in [-0.25, -0.2) is 0 Å². The third-order valence-electron chi connectivity index (χ3n) is 4.47. The first-order valence-electron chi connectivity index (χ1n) is 7.81. The summed E-state index contributed by atoms with van der Waals surface area (Å²) in [5, 5.41) is 10.1. The minimum Gasteiger partial charge on any atom is -0.349 e. The first kappa shape index (κ1) is 13.6. The molecular weight excluding hydrogens is 252 g/mol. The Labute approximate surface area is 120 Å². The van der Waals surface area contributed by atoms with Crippen LogP contribution in [0.1, 0.15) is 61.1 Å². The number of carbonyl (C=O) groups excluding carboxylic acids is 1. The largest absolute Gasteiger partial charge is 0.349 e. The van der Waals surface area contributed by atoms with Crippen LogP contribution in [0.2, 0.25) is 0 Å². The van der Waals surface area contributed by atoms with Gasteiger partial charge >= 0.3 is 0 Å². The Morgan fingerprint density at radius 3 is 3.05 bits per heavy atom. The summed E-state index contributed by atoms with van der Waals surface area (Å²) in [6.07, 6.45) is 6.33. The smallest absolute Gasteiger partial charge is 0.271 e. The Hall–Kier alpha value is -1.36. The van der Waals surface area contributed by atoms with E-state index in [1.165, 1.54) is 32.1 Å². The van der Waals surface area contributed by atoms with Crippen LogP contribution in [-0.2, 0) is 0 Å². The van der Waals surface area contributed by atoms with Crippen LogP contribution >= 0.6 is 0 Å². The molecule has 2 aliphatic rings. The Bertz CT molecular complexity index is 466. The highest BCUT2D eigenvalue weighted by Gasteiger charge is 2.26. The molecule has 2 N–H and O–H groups in total. The van der Waals surface area contributed by atoms with Crippen molar-refractivity contribution >= 4 is 5.91 Å². The lowest BCUT2D eigenvalue weighted by molar-refractivity contribution is 0.0933. The molecule has 0 unspecified atom stereocenters. The summed E-state index contributed by atoms with van der Waals surface area (Å²) in [6, 6.07) is 2.55. The lowest BCUT2D eigenvalue weighted by Crippen LogP contribution is -2.42. The topological polar surface area (TPSA) is 61.0 Å². The number of rotatable bonds is 5. The molecule has 5 heteroatoms. The average Bonchev–Trinajstić information content (AvgIpc) is 3.18. The number of carbonyl (C=O) groups is 1. The maximum atomic E-state index is 12.0. The number of H-pyrrole nitrogens is 1. The van der Waals surface area contributed by atoms with Crippen molar-refractivity contribution in [3.63, 3.8) is 0 Å². The van der Waals surface area contributed by atoms with Crippen LogP contribution in [0.15, 0.2) is 6.07 Å². The number of piperidine rings is 1. The fraction of sp³-hybridized carbons (Fsp3) is 0.733. The summed E-state index contributed by atoms with van der Waals surface area (Å²) in [5.41, 5.74) is 1.64. The van der Waals surface area contributed by atoms with Gasteiger partial charge in [-0.05, 0) is 45.2 Å². The SMILES string of the molecule is C[C@@H]1CCCCN1CCNC(=O)c1cc(C2CC2)[nH]n1. The van der Waals surface area contributed by atoms with Crippen LogP contribution < -0.4 is 5.32 Å². The first-order valence-corrected chi connectivity index (χ1v) is 7.81. The van der Waals surface area contributed by atoms with Gasteiger partial charge in [0.05, 0.1) is 0 Å². The normalized spacial score (nSPS) is 23.8. The molecule has 0 aromatic carbocycles. The number of aromatic amines is 1. The number of hydrogen-bond donors (Lipinski definition) is 2. The predicted octanol–water partition coefficient (Wildman–Crippen LogP) is 1.89. The number of likely N-dealkylation sites (tertiary alicyclic amines) is 1. The van der Waals surface area contributed by atoms with Crippen molar-refractivity contribution in [2.75, 3.05) is 19.6 Å². The Morgan fingerprint density at radius 1 is 1.45 bits per heavy atom. The van der Waals surface area contributed by atoms with E-state index in [9.17, 15) is 4.79 Å². The van der Waals surface area contributed by atoms with E-state index in [0.717, 1.165) is 18.8 Å². The van der Waals surface area contributed by atoms with Crippen molar-refractivity contribution in [3.05, 3.63) is 17.5 Å². The second-order valence-corrected chi connectivity index (χ2v) is 6.12. The maximum Gasteiger partial charge on any atom is 0.271 e. The molecule has 1 aromatic rings. The molecule has 1 saturated carbocycles. The maximum absolute atomic E-state index is 12.0. The van der Waals surface area contributed by atoms with Crippen LogP contribution in [0.25, 0.3) is 0 Å². The summed E-state index contributed by atoms with van der Waals surface area (Å²) >= 11 is 0. The number of nitrogens with zero attached hydrogens (tertiary/aromatic N) is 2. The second kappa shape index (κ2) is 5.95. The Balaban J connectivity index is 1.44. The van der Waals surface area contributed by atoms with E-state index in [-0.39, 0.29) is 5.91 Å². The molecule has 1 atom stereocenters. The standard InChI is InChI=1S/C15H24N4O/c1-11-4-2-3-8-19(11)9-7-16-15(20)14-10-13(17-18-14)12-5-6-12/h10-12H,2-9H2,1H3,(H,16,20)(H,17,18)/t11-/m1/s1. The molecule has 2 heterocycles. The molecule has 1 aliphatic carbocycles. The van der Waals surface area contributed by atoms with Gasteiger partial charge in [0.1, 0.15) is 5.69 Å². The molecule has 0 radical (unpaired) electrons. The summed E-state index contributed by atoms with van der Waals surface area (Å²) < 4.78 is 0. The fourth-order valence-electron chi connectivity index (χ4n) is 2.95. The van der Waals surface area contributed by atoms with E-state index in [1.54, 1.807) is 0 Å². The summed E-state index contributed by atoms with van der Waals surface area (Å²) in [6.45, 7) is 5.07. The van der Waals surface area contributed by atoms with Crippen LogP contribution in [0.3, 0.4) is 0 Å². The van der Waals surface area contributed by atoms with Crippen molar-refractivity contribution < 1.29 is 4.79 Å². The molecule has 1 amide bonds. The minimum atomic E-state index is -0.0576. The number of hydrogen-bond acceptors (Lipinski definition) is 3. The van der Waals surface area contributed by atoms with Crippen LogP contribution in [-0.4, -0.2) is 46.7 Å². The molecule has 0 bridgehead atoms. The van der Waals surface area contributed by atoms with Crippen LogP contribution in [0.5, 0.6) is 0 Å². The van der Waals surface area contributed by atoms with Crippen LogP contribution in [0, 0.1) is 0 Å². The zero-order valence-corrected chi connectivity index (χ0v) is 12.2. The molecule has 1 aliphatic heterocycles. The number of amides is 1. The van der Waals surface area contributed by atoms with Gasteiger partial charge < -0.3 is 5.32 Å². The van der Waals surface area contributed by atoms with E-state index < -0.39 is 0 Å². The quantitative estimate of drug-likeness (QED) is 0.863. The summed E-state index contributed by atoms with van der Waals surface area (Å²) in [7, 11) is 0. The van der Waals surface area contributed by atoms with E-state index in [4.69, 9.17) is 0 Å². The van der Waals surface area contributed by atoms with E-state index in [1.807, 2.05) is 6.07 Å². The molecule has 110 valence electrons. The third kappa shape index (κ3) is 3.20. The zero-order chi connectivity index (χ0) is 13.9. The molecule has 1 aromatic heterocycles. The lowest BCUT2D eigenvalue weighted by Gasteiger charge is -2.33. The van der Waals surface area contributed by atoms with E-state index in [0.29, 0.717) is 24.2 Å². The van der Waals surface area contributed by atoms with Gasteiger partial charge in [-0.1, -0.05) is 6.42 Å². The summed E-state index contributed by atoms with van der Waals surface area (Å²) in [4.78, 5) is 14.5. The van der Waals surface area contributed by atoms with E-state index in [2.05, 4.69) is 27.3 Å². The molecule has 20 heavy (non-hydrogen) atoms. The van der Waals surface area contributed by atoms with Gasteiger partial charge in [0.2, 0.25) is 0 Å². The van der Waals surface area contributed by atoms with Gasteiger partial charge in [-0.15, -0.1) is 0 Å². The van der Waals surface area contributed by atoms with Crippen molar-refractivity contribution in [1.82, 2.24) is 20.4 Å². The van der Waals surface area contributed by atoms with Crippen molar-refractivity contribution in [1.29, 1.82) is 0 Å². The predicted molar refractivity (Wildman–Crippen MR) is 77.8 cm³/mol. The van der Waals surface area contributed by atoms with Crippen molar-refractivity contribution in [2.45, 2.75) is 51.0 Å². The molecular formula is C15H24N4O. The Morgan fingerprint density at radius 2 is 2.30 bits per heavy atom. The fourth-order valence-corrected chi connectivity index (χ4v) is 2.95. The number of nitrogens with one attached hydrogen (secondary N) is 2. The van der Waals surface area contributed by atoms with Gasteiger partial charge in [0.25, 0.3) is 5.91 Å². The highest BCUT2D eigenvalue weighted by Crippen LogP contribution is 2.38. The van der Waals surface area contributed by atoms with Gasteiger partial charge in [-0.2, -0.15) is 5.10 Å². The van der Waals surface area contributed by atoms with Gasteiger partial charge in [0, 0.05) is 30.7 Å². The highest BCUT2D eigenvalue weighted by atomic mass is 16.1. The third-order valence-corrected chi connectivity index (χ3v) is 4.47. The molecule has 3 rings (SSSR count). The van der Waals surface area contributed by atoms with Crippen molar-refractivity contribution in [3.8, 4) is 0 Å². The Kier molecular flexibility index (Phi) is 4.05. The molecule has 1 saturated heterocycles. The zero-order valence-electron chi connectivity index (χ0n) is 12.2. The van der Waals surface area contributed by atoms with Crippen LogP contribution in [0.4, 0.5) is 0 Å². The lowest BCUT2D eigenvalue weighted by atomic mass is 10.0. The summed E-state index contributed by atoms with van der Waals surface area (Å²) in [5.74, 6) is 0.552. The van der Waals surface area contributed by atoms with Gasteiger partial charge in [-0.3, -0.25) is 14.8 Å². The molecule has 0 spiro atoms. The average molecular weight is 276 g/mol. The van der Waals surface area contributed by atoms with E-state index >= 15 is 0 Å². The molecule has 2 fully saturated rings. The first-order chi connectivity index (χ1) is 9.74. The van der Waals surface area contributed by atoms with Gasteiger partial charge in [0.15, 0.2) is 0 Å². The molecule has 5 nitrogen and oxygen atoms in total. The number of aromatic nitrogens is 2. The second-order valence-electron chi connectivity index (χ2n) is 6.12. The van der Waals surface area contributed by atoms with Crippen molar-refractivity contribution in [2.24, 2.45) is 0 Å². The minimum absolute atomic E-state index is 0.0576. The highest BCUT2D eigenvalue weighted by molar-refractivity contribution is 5.92.